The van der Waals surface area contributed by atoms with Crippen molar-refractivity contribution >= 4 is 21.6 Å². The summed E-state index contributed by atoms with van der Waals surface area (Å²) in [5.74, 6) is 2.40. The van der Waals surface area contributed by atoms with Gasteiger partial charge in [-0.3, -0.25) is 4.79 Å². The molecule has 18 heavy (non-hydrogen) atoms. The smallest absolute Gasteiger partial charge is 0.284 e. The highest BCUT2D eigenvalue weighted by Gasteiger charge is 2.19. The first-order valence-corrected chi connectivity index (χ1v) is 6.68. The Morgan fingerprint density at radius 2 is 2.28 bits per heavy atom. The van der Waals surface area contributed by atoms with Gasteiger partial charge in [-0.15, -0.1) is 6.42 Å². The summed E-state index contributed by atoms with van der Waals surface area (Å²) < 4.78 is 1.72. The number of hydrogen-bond acceptors (Lipinski definition) is 3. The van der Waals surface area contributed by atoms with Crippen molar-refractivity contribution in [3.05, 3.63) is 21.0 Å². The average molecular weight is 312 g/mol. The van der Waals surface area contributed by atoms with Crippen LogP contribution in [0.2, 0.25) is 0 Å². The third-order valence-corrected chi connectivity index (χ3v) is 3.34. The van der Waals surface area contributed by atoms with E-state index in [9.17, 15) is 4.79 Å². The fraction of sp³-hybridized carbons (Fsp3) is 0.538. The van der Waals surface area contributed by atoms with Crippen LogP contribution in [0.5, 0.6) is 0 Å². The summed E-state index contributed by atoms with van der Waals surface area (Å²) in [5.41, 5.74) is 0.404. The summed E-state index contributed by atoms with van der Waals surface area (Å²) in [6.07, 6.45) is 8.88. The first-order valence-electron chi connectivity index (χ1n) is 5.88. The molecule has 1 aromatic rings. The molecule has 0 amide bonds. The number of nitrogens with zero attached hydrogens (tertiary/aromatic N) is 2. The Morgan fingerprint density at radius 1 is 1.61 bits per heavy atom. The van der Waals surface area contributed by atoms with Gasteiger partial charge in [0, 0.05) is 5.54 Å². The minimum absolute atomic E-state index is 0.0797. The molecule has 0 aromatic carbocycles. The second-order valence-electron chi connectivity index (χ2n) is 4.80. The van der Waals surface area contributed by atoms with Gasteiger partial charge in [0.2, 0.25) is 0 Å². The predicted octanol–water partition coefficient (Wildman–Crippen LogP) is 2.63. The Kier molecular flexibility index (Phi) is 4.97. The quantitative estimate of drug-likeness (QED) is 0.850. The van der Waals surface area contributed by atoms with E-state index in [0.717, 1.165) is 12.8 Å². The van der Waals surface area contributed by atoms with Crippen molar-refractivity contribution in [1.82, 2.24) is 9.78 Å². The zero-order chi connectivity index (χ0) is 13.8. The number of nitrogens with one attached hydrogen (secondary N) is 1. The molecule has 0 aliphatic rings. The van der Waals surface area contributed by atoms with Crippen LogP contribution in [0, 0.1) is 12.3 Å². The fourth-order valence-corrected chi connectivity index (χ4v) is 2.21. The van der Waals surface area contributed by atoms with Crippen LogP contribution in [-0.4, -0.2) is 15.3 Å². The number of aromatic nitrogens is 2. The molecule has 0 unspecified atom stereocenters. The standard InChI is InChI=1S/C13H18BrN3O/c1-5-7-13(3,4)16-10-9-15-17(8-6-2)12(18)11(10)14/h2,9,16H,5,7-8H2,1,3-4H3. The Balaban J connectivity index is 3.03. The van der Waals surface area contributed by atoms with E-state index < -0.39 is 0 Å². The van der Waals surface area contributed by atoms with Gasteiger partial charge < -0.3 is 5.32 Å². The Morgan fingerprint density at radius 3 is 2.83 bits per heavy atom. The highest BCUT2D eigenvalue weighted by Crippen LogP contribution is 2.23. The van der Waals surface area contributed by atoms with Gasteiger partial charge in [-0.1, -0.05) is 19.3 Å². The van der Waals surface area contributed by atoms with Crippen LogP contribution in [-0.2, 0) is 6.54 Å². The monoisotopic (exact) mass is 311 g/mol. The molecule has 1 aromatic heterocycles. The van der Waals surface area contributed by atoms with Gasteiger partial charge in [-0.25, -0.2) is 4.68 Å². The van der Waals surface area contributed by atoms with Gasteiger partial charge in [0.15, 0.2) is 0 Å². The van der Waals surface area contributed by atoms with Crippen molar-refractivity contribution in [3.8, 4) is 12.3 Å². The van der Waals surface area contributed by atoms with Crippen LogP contribution in [0.25, 0.3) is 0 Å². The summed E-state index contributed by atoms with van der Waals surface area (Å²) in [6, 6.07) is 0. The molecule has 0 radical (unpaired) electrons. The lowest BCUT2D eigenvalue weighted by molar-refractivity contribution is 0.509. The van der Waals surface area contributed by atoms with Crippen molar-refractivity contribution < 1.29 is 0 Å². The highest BCUT2D eigenvalue weighted by molar-refractivity contribution is 9.10. The molecular weight excluding hydrogens is 294 g/mol. The van der Waals surface area contributed by atoms with Crippen LogP contribution in [0.1, 0.15) is 33.6 Å². The van der Waals surface area contributed by atoms with Gasteiger partial charge in [0.25, 0.3) is 5.56 Å². The van der Waals surface area contributed by atoms with Gasteiger partial charge in [-0.2, -0.15) is 5.10 Å². The van der Waals surface area contributed by atoms with E-state index in [2.05, 4.69) is 53.0 Å². The Hall–Kier alpha value is -1.28. The third kappa shape index (κ3) is 3.61. The van der Waals surface area contributed by atoms with Crippen LogP contribution >= 0.6 is 15.9 Å². The summed E-state index contributed by atoms with van der Waals surface area (Å²) in [7, 11) is 0. The second-order valence-corrected chi connectivity index (χ2v) is 5.59. The first kappa shape index (κ1) is 14.8. The van der Waals surface area contributed by atoms with E-state index in [1.54, 1.807) is 6.20 Å². The summed E-state index contributed by atoms with van der Waals surface area (Å²) >= 11 is 3.30. The normalized spacial score (nSPS) is 11.1. The lowest BCUT2D eigenvalue weighted by Crippen LogP contribution is -2.33. The maximum Gasteiger partial charge on any atom is 0.284 e. The van der Waals surface area contributed by atoms with E-state index in [4.69, 9.17) is 6.42 Å². The molecular formula is C13H18BrN3O. The molecule has 0 atom stereocenters. The number of halogens is 1. The summed E-state index contributed by atoms with van der Waals surface area (Å²) in [6.45, 7) is 6.49. The zero-order valence-electron chi connectivity index (χ0n) is 11.0. The third-order valence-electron chi connectivity index (χ3n) is 2.57. The largest absolute Gasteiger partial charge is 0.378 e. The maximum atomic E-state index is 11.9. The predicted molar refractivity (Wildman–Crippen MR) is 77.6 cm³/mol. The van der Waals surface area contributed by atoms with Crippen LogP contribution in [0.15, 0.2) is 15.5 Å². The van der Waals surface area contributed by atoms with Gasteiger partial charge in [-0.05, 0) is 36.2 Å². The lowest BCUT2D eigenvalue weighted by atomic mass is 9.99. The number of anilines is 1. The fourth-order valence-electron chi connectivity index (χ4n) is 1.80. The lowest BCUT2D eigenvalue weighted by Gasteiger charge is -2.27. The molecule has 1 heterocycles. The molecule has 1 rings (SSSR count). The number of terminal acetylenes is 1. The molecule has 0 spiro atoms. The zero-order valence-corrected chi connectivity index (χ0v) is 12.5. The van der Waals surface area contributed by atoms with Crippen LogP contribution in [0.4, 0.5) is 5.69 Å². The van der Waals surface area contributed by atoms with Gasteiger partial charge >= 0.3 is 0 Å². The molecule has 0 saturated heterocycles. The molecule has 0 saturated carbocycles. The van der Waals surface area contributed by atoms with Crippen molar-refractivity contribution in [1.29, 1.82) is 0 Å². The average Bonchev–Trinajstić information content (AvgIpc) is 2.29. The van der Waals surface area contributed by atoms with Gasteiger partial charge in [0.05, 0.1) is 11.9 Å². The second kappa shape index (κ2) is 6.05. The summed E-state index contributed by atoms with van der Waals surface area (Å²) in [4.78, 5) is 11.9. The van der Waals surface area contributed by atoms with Crippen LogP contribution < -0.4 is 10.9 Å². The molecule has 4 nitrogen and oxygen atoms in total. The molecule has 0 fully saturated rings. The maximum absolute atomic E-state index is 11.9. The van der Waals surface area contributed by atoms with E-state index in [1.807, 2.05) is 0 Å². The van der Waals surface area contributed by atoms with Crippen LogP contribution in [0.3, 0.4) is 0 Å². The van der Waals surface area contributed by atoms with E-state index >= 15 is 0 Å². The van der Waals surface area contributed by atoms with Crippen molar-refractivity contribution in [2.24, 2.45) is 0 Å². The van der Waals surface area contributed by atoms with E-state index in [0.29, 0.717) is 10.2 Å². The molecule has 0 aliphatic heterocycles. The SMILES string of the molecule is C#CCn1ncc(NC(C)(C)CCC)c(Br)c1=O. The van der Waals surface area contributed by atoms with E-state index in [-0.39, 0.29) is 17.6 Å². The first-order chi connectivity index (χ1) is 8.41. The van der Waals surface area contributed by atoms with Crippen molar-refractivity contribution in [2.75, 3.05) is 5.32 Å². The van der Waals surface area contributed by atoms with Gasteiger partial charge in [0.1, 0.15) is 11.0 Å². The Labute approximate surface area is 116 Å². The summed E-state index contributed by atoms with van der Waals surface area (Å²) in [5, 5.41) is 7.37. The Bertz CT molecular complexity index is 514. The molecule has 98 valence electrons. The number of rotatable bonds is 5. The minimum Gasteiger partial charge on any atom is -0.378 e. The highest BCUT2D eigenvalue weighted by atomic mass is 79.9. The molecule has 0 bridgehead atoms. The number of hydrogen-bond donors (Lipinski definition) is 1. The van der Waals surface area contributed by atoms with Crippen molar-refractivity contribution in [2.45, 2.75) is 45.7 Å². The molecule has 1 N–H and O–H groups in total. The molecule has 0 aliphatic carbocycles. The topological polar surface area (TPSA) is 46.9 Å². The van der Waals surface area contributed by atoms with E-state index in [1.165, 1.54) is 4.68 Å². The van der Waals surface area contributed by atoms with Crippen molar-refractivity contribution in [3.63, 3.8) is 0 Å². The molecule has 5 heteroatoms. The minimum atomic E-state index is -0.217.